The molecule has 0 spiro atoms. The van der Waals surface area contributed by atoms with Crippen molar-refractivity contribution in [3.05, 3.63) is 35.4 Å². The smallest absolute Gasteiger partial charge is 0.335 e. The maximum Gasteiger partial charge on any atom is 0.335 e. The molecule has 0 bridgehead atoms. The van der Waals surface area contributed by atoms with Gasteiger partial charge in [-0.2, -0.15) is 0 Å². The fourth-order valence-corrected chi connectivity index (χ4v) is 2.75. The number of rotatable bonds is 3. The van der Waals surface area contributed by atoms with E-state index in [0.29, 0.717) is 6.42 Å². The maximum atomic E-state index is 13.0. The summed E-state index contributed by atoms with van der Waals surface area (Å²) in [7, 11) is 0. The first kappa shape index (κ1) is 13.0. The standard InChI is InChI=1S/C14H16F2O2/c15-13(16)12-4-2-1-3-11(12)9-5-7-10(8-6-9)14(17)18/h5-8,11-13H,1-4H2,(H,17,18). The normalized spacial score (nSPS) is 24.2. The molecule has 1 aliphatic carbocycles. The fourth-order valence-electron chi connectivity index (χ4n) is 2.75. The van der Waals surface area contributed by atoms with E-state index in [2.05, 4.69) is 0 Å². The van der Waals surface area contributed by atoms with E-state index in [1.165, 1.54) is 12.1 Å². The number of aromatic carboxylic acids is 1. The molecule has 1 saturated carbocycles. The van der Waals surface area contributed by atoms with Crippen LogP contribution in [0.15, 0.2) is 24.3 Å². The third kappa shape index (κ3) is 2.68. The molecule has 0 radical (unpaired) electrons. The lowest BCUT2D eigenvalue weighted by Crippen LogP contribution is -2.24. The monoisotopic (exact) mass is 254 g/mol. The second-order valence-electron chi connectivity index (χ2n) is 4.82. The number of carboxylic acids is 1. The molecule has 0 amide bonds. The number of carboxylic acid groups (broad SMARTS) is 1. The highest BCUT2D eigenvalue weighted by Gasteiger charge is 2.32. The average Bonchev–Trinajstić information content (AvgIpc) is 2.39. The molecule has 2 rings (SSSR count). The first-order valence-electron chi connectivity index (χ1n) is 6.21. The SMILES string of the molecule is O=C(O)c1ccc(C2CCCCC2C(F)F)cc1. The van der Waals surface area contributed by atoms with Gasteiger partial charge in [0, 0.05) is 5.92 Å². The summed E-state index contributed by atoms with van der Waals surface area (Å²) in [6.07, 6.45) is 0.854. The second kappa shape index (κ2) is 5.46. The van der Waals surface area contributed by atoms with Gasteiger partial charge < -0.3 is 5.11 Å². The first-order chi connectivity index (χ1) is 8.59. The summed E-state index contributed by atoms with van der Waals surface area (Å²) in [4.78, 5) is 10.7. The lowest BCUT2D eigenvalue weighted by Gasteiger charge is -2.31. The first-order valence-corrected chi connectivity index (χ1v) is 6.21. The largest absolute Gasteiger partial charge is 0.478 e. The number of hydrogen-bond acceptors (Lipinski definition) is 1. The Kier molecular flexibility index (Phi) is 3.94. The number of halogens is 2. The highest BCUT2D eigenvalue weighted by atomic mass is 19.3. The topological polar surface area (TPSA) is 37.3 Å². The third-order valence-electron chi connectivity index (χ3n) is 3.73. The molecule has 1 aromatic carbocycles. The van der Waals surface area contributed by atoms with Gasteiger partial charge in [0.2, 0.25) is 6.43 Å². The van der Waals surface area contributed by atoms with Crippen molar-refractivity contribution in [3.63, 3.8) is 0 Å². The zero-order valence-corrected chi connectivity index (χ0v) is 9.98. The van der Waals surface area contributed by atoms with Gasteiger partial charge in [0.05, 0.1) is 5.56 Å². The molecule has 18 heavy (non-hydrogen) atoms. The van der Waals surface area contributed by atoms with Gasteiger partial charge in [0.25, 0.3) is 0 Å². The minimum atomic E-state index is -2.30. The van der Waals surface area contributed by atoms with E-state index < -0.39 is 18.3 Å². The Morgan fingerprint density at radius 2 is 1.78 bits per heavy atom. The van der Waals surface area contributed by atoms with Crippen LogP contribution >= 0.6 is 0 Å². The van der Waals surface area contributed by atoms with Crippen molar-refractivity contribution in [1.82, 2.24) is 0 Å². The molecule has 98 valence electrons. The number of hydrogen-bond donors (Lipinski definition) is 1. The summed E-state index contributed by atoms with van der Waals surface area (Å²) in [5.74, 6) is -1.72. The van der Waals surface area contributed by atoms with Crippen LogP contribution in [0.25, 0.3) is 0 Å². The molecule has 0 heterocycles. The van der Waals surface area contributed by atoms with Gasteiger partial charge in [-0.1, -0.05) is 25.0 Å². The van der Waals surface area contributed by atoms with E-state index >= 15 is 0 Å². The number of carbonyl (C=O) groups is 1. The Morgan fingerprint density at radius 1 is 1.17 bits per heavy atom. The summed E-state index contributed by atoms with van der Waals surface area (Å²) >= 11 is 0. The van der Waals surface area contributed by atoms with E-state index in [0.717, 1.165) is 24.8 Å². The van der Waals surface area contributed by atoms with E-state index in [9.17, 15) is 13.6 Å². The lowest BCUT2D eigenvalue weighted by atomic mass is 9.75. The second-order valence-corrected chi connectivity index (χ2v) is 4.82. The Hall–Kier alpha value is -1.45. The molecule has 1 aromatic rings. The van der Waals surface area contributed by atoms with Crippen LogP contribution in [0.2, 0.25) is 0 Å². The highest BCUT2D eigenvalue weighted by Crippen LogP contribution is 2.40. The Balaban J connectivity index is 2.20. The van der Waals surface area contributed by atoms with E-state index in [1.807, 2.05) is 0 Å². The molecule has 2 unspecified atom stereocenters. The molecule has 2 nitrogen and oxygen atoms in total. The molecule has 0 aromatic heterocycles. The van der Waals surface area contributed by atoms with Crippen molar-refractivity contribution < 1.29 is 18.7 Å². The predicted octanol–water partition coefficient (Wildman–Crippen LogP) is 3.92. The molecule has 1 aliphatic rings. The molecule has 2 atom stereocenters. The van der Waals surface area contributed by atoms with Crippen LogP contribution in [-0.4, -0.2) is 17.5 Å². The van der Waals surface area contributed by atoms with Crippen molar-refractivity contribution in [2.75, 3.05) is 0 Å². The molecule has 1 fully saturated rings. The Morgan fingerprint density at radius 3 is 2.33 bits per heavy atom. The van der Waals surface area contributed by atoms with Crippen molar-refractivity contribution in [2.24, 2.45) is 5.92 Å². The molecule has 4 heteroatoms. The zero-order chi connectivity index (χ0) is 13.1. The predicted molar refractivity (Wildman–Crippen MR) is 64.1 cm³/mol. The number of alkyl halides is 2. The summed E-state index contributed by atoms with van der Waals surface area (Å²) in [5, 5.41) is 8.81. The summed E-state index contributed by atoms with van der Waals surface area (Å²) < 4.78 is 25.9. The van der Waals surface area contributed by atoms with Crippen LogP contribution in [0.5, 0.6) is 0 Å². The minimum absolute atomic E-state index is 0.137. The summed E-state index contributed by atoms with van der Waals surface area (Å²) in [6, 6.07) is 6.34. The number of benzene rings is 1. The third-order valence-corrected chi connectivity index (χ3v) is 3.73. The van der Waals surface area contributed by atoms with Gasteiger partial charge in [0.1, 0.15) is 0 Å². The van der Waals surface area contributed by atoms with E-state index in [4.69, 9.17) is 5.11 Å². The van der Waals surface area contributed by atoms with Crippen LogP contribution in [0, 0.1) is 5.92 Å². The van der Waals surface area contributed by atoms with Crippen molar-refractivity contribution in [1.29, 1.82) is 0 Å². The van der Waals surface area contributed by atoms with Crippen molar-refractivity contribution in [2.45, 2.75) is 38.0 Å². The Bertz CT molecular complexity index is 414. The van der Waals surface area contributed by atoms with Crippen LogP contribution < -0.4 is 0 Å². The van der Waals surface area contributed by atoms with Crippen LogP contribution in [-0.2, 0) is 0 Å². The fraction of sp³-hybridized carbons (Fsp3) is 0.500. The molecule has 0 saturated heterocycles. The van der Waals surface area contributed by atoms with Gasteiger partial charge in [-0.05, 0) is 36.5 Å². The minimum Gasteiger partial charge on any atom is -0.478 e. The van der Waals surface area contributed by atoms with E-state index in [-0.39, 0.29) is 11.5 Å². The molecular formula is C14H16F2O2. The van der Waals surface area contributed by atoms with Gasteiger partial charge in [-0.3, -0.25) is 0 Å². The van der Waals surface area contributed by atoms with Gasteiger partial charge in [0.15, 0.2) is 0 Å². The van der Waals surface area contributed by atoms with Crippen LogP contribution in [0.3, 0.4) is 0 Å². The van der Waals surface area contributed by atoms with Gasteiger partial charge in [-0.25, -0.2) is 13.6 Å². The van der Waals surface area contributed by atoms with Crippen LogP contribution in [0.1, 0.15) is 47.5 Å². The lowest BCUT2D eigenvalue weighted by molar-refractivity contribution is 0.0430. The summed E-state index contributed by atoms with van der Waals surface area (Å²) in [5.41, 5.74) is 1.04. The quantitative estimate of drug-likeness (QED) is 0.887. The zero-order valence-electron chi connectivity index (χ0n) is 9.98. The van der Waals surface area contributed by atoms with E-state index in [1.54, 1.807) is 12.1 Å². The summed E-state index contributed by atoms with van der Waals surface area (Å²) in [6.45, 7) is 0. The average molecular weight is 254 g/mol. The maximum absolute atomic E-state index is 13.0. The van der Waals surface area contributed by atoms with Crippen LogP contribution in [0.4, 0.5) is 8.78 Å². The van der Waals surface area contributed by atoms with Crippen molar-refractivity contribution >= 4 is 5.97 Å². The van der Waals surface area contributed by atoms with Crippen molar-refractivity contribution in [3.8, 4) is 0 Å². The van der Waals surface area contributed by atoms with Gasteiger partial charge >= 0.3 is 5.97 Å². The molecule has 1 N–H and O–H groups in total. The van der Waals surface area contributed by atoms with Gasteiger partial charge in [-0.15, -0.1) is 0 Å². The molecule has 0 aliphatic heterocycles. The Labute approximate surface area is 105 Å². The highest BCUT2D eigenvalue weighted by molar-refractivity contribution is 5.87. The molecular weight excluding hydrogens is 238 g/mol.